The van der Waals surface area contributed by atoms with Crippen molar-refractivity contribution >= 4 is 41.0 Å². The van der Waals surface area contributed by atoms with Crippen molar-refractivity contribution in [2.24, 2.45) is 5.92 Å². The molecule has 11 nitrogen and oxygen atoms in total. The van der Waals surface area contributed by atoms with Gasteiger partial charge in [0.25, 0.3) is 0 Å². The predicted octanol–water partition coefficient (Wildman–Crippen LogP) is 7.04. The molecule has 0 saturated carbocycles. The van der Waals surface area contributed by atoms with Gasteiger partial charge in [-0.05, 0) is 85.8 Å². The summed E-state index contributed by atoms with van der Waals surface area (Å²) in [7, 11) is 3.02. The van der Waals surface area contributed by atoms with Crippen LogP contribution in [0, 0.1) is 18.0 Å². The van der Waals surface area contributed by atoms with Gasteiger partial charge in [-0.3, -0.25) is 9.80 Å². The average Bonchev–Trinajstić information content (AvgIpc) is 3.13. The third-order valence-corrected chi connectivity index (χ3v) is 10.2. The van der Waals surface area contributed by atoms with Crippen molar-refractivity contribution < 1.29 is 38.4 Å². The van der Waals surface area contributed by atoms with Crippen molar-refractivity contribution in [1.82, 2.24) is 4.90 Å². The zero-order chi connectivity index (χ0) is 36.2. The van der Waals surface area contributed by atoms with Gasteiger partial charge in [0.05, 0.1) is 32.0 Å². The van der Waals surface area contributed by atoms with Crippen LogP contribution in [-0.2, 0) is 22.4 Å². The number of anilines is 1. The van der Waals surface area contributed by atoms with Crippen molar-refractivity contribution in [3.8, 4) is 17.2 Å². The highest BCUT2D eigenvalue weighted by Crippen LogP contribution is 2.36. The number of hydrogen-bond acceptors (Lipinski definition) is 9. The molecule has 13 heteroatoms. The van der Waals surface area contributed by atoms with E-state index in [9.17, 15) is 19.9 Å². The van der Waals surface area contributed by atoms with Crippen LogP contribution in [0.15, 0.2) is 73.1 Å². The number of pyridine rings is 1. The molecule has 2 atom stereocenters. The van der Waals surface area contributed by atoms with Crippen molar-refractivity contribution in [3.63, 3.8) is 0 Å². The first-order valence-corrected chi connectivity index (χ1v) is 17.4. The Morgan fingerprint density at radius 1 is 0.980 bits per heavy atom. The summed E-state index contributed by atoms with van der Waals surface area (Å²) in [6.45, 7) is 4.76. The van der Waals surface area contributed by atoms with Gasteiger partial charge in [-0.15, -0.1) is 0 Å². The molecule has 0 radical (unpaired) electrons. The van der Waals surface area contributed by atoms with Gasteiger partial charge in [0, 0.05) is 24.6 Å². The van der Waals surface area contributed by atoms with E-state index >= 15 is 0 Å². The zero-order valence-electron chi connectivity index (χ0n) is 28.5. The number of aromatic hydroxyl groups is 1. The number of aryl methyl sites for hydroxylation is 1. The molecule has 1 N–H and O–H groups in total. The lowest BCUT2D eigenvalue weighted by Gasteiger charge is -2.44. The number of amides is 1. The number of piperidine rings is 3. The molecule has 268 valence electrons. The van der Waals surface area contributed by atoms with E-state index in [-0.39, 0.29) is 40.4 Å². The van der Waals surface area contributed by atoms with Crippen molar-refractivity contribution in [1.29, 1.82) is 0 Å². The van der Waals surface area contributed by atoms with Gasteiger partial charge in [-0.2, -0.15) is 4.73 Å². The second kappa shape index (κ2) is 15.7. The maximum atomic E-state index is 13.8. The fourth-order valence-corrected chi connectivity index (χ4v) is 7.29. The molecule has 0 aliphatic carbocycles. The summed E-state index contributed by atoms with van der Waals surface area (Å²) in [4.78, 5) is 31.2. The molecule has 3 fully saturated rings. The van der Waals surface area contributed by atoms with Crippen LogP contribution < -0.4 is 19.1 Å². The second-order valence-corrected chi connectivity index (χ2v) is 13.6. The number of phenolic OH excluding ortho intramolecular Hbond substituents is 1. The SMILES string of the molecule is COc1ccc(C(Cc2c(Cl)c[n+]([O-])cc2Cl)OC(=O)c2ccc(CN(C(=O)O[C@H]3CN4CCC3CC4)c3cc(O)ccc3C)cc2)cc1OC. The molecule has 1 amide bonds. The molecule has 2 bridgehead atoms. The fraction of sp³-hybridized carbons (Fsp3) is 0.342. The number of rotatable bonds is 11. The molecule has 3 aliphatic heterocycles. The normalized spacial score (nSPS) is 18.5. The quantitative estimate of drug-likeness (QED) is 0.0982. The summed E-state index contributed by atoms with van der Waals surface area (Å²) in [5, 5.41) is 22.4. The Kier molecular flexibility index (Phi) is 11.1. The highest BCUT2D eigenvalue weighted by Gasteiger charge is 2.37. The van der Waals surface area contributed by atoms with Gasteiger partial charge in [0.1, 0.15) is 28.0 Å². The topological polar surface area (TPSA) is 125 Å². The monoisotopic (exact) mass is 735 g/mol. The van der Waals surface area contributed by atoms with Crippen LogP contribution in [0.3, 0.4) is 0 Å². The van der Waals surface area contributed by atoms with E-state index in [0.29, 0.717) is 45.5 Å². The number of fused-ring (bicyclic) bond motifs is 3. The number of carbonyl (C=O) groups excluding carboxylic acids is 2. The van der Waals surface area contributed by atoms with E-state index in [1.165, 1.54) is 31.5 Å². The van der Waals surface area contributed by atoms with Crippen LogP contribution in [-0.4, -0.2) is 62.0 Å². The van der Waals surface area contributed by atoms with E-state index in [2.05, 4.69) is 4.90 Å². The van der Waals surface area contributed by atoms with Gasteiger partial charge < -0.3 is 29.3 Å². The molecule has 4 heterocycles. The molecular weight excluding hydrogens is 697 g/mol. The number of halogens is 2. The standard InChI is InChI=1S/C38H39Cl2N3O8/c1-23-4-10-28(44)17-32(23)43(38(46)51-36-22-41-14-12-25(36)13-15-41)19-24-5-7-26(8-6-24)37(45)50-34(18-29-30(39)20-42(47)21-31(29)40)27-9-11-33(48-2)35(16-27)49-3/h4-11,16-17,20-21,25,34,36,44H,12-15,18-19,22H2,1-3H3/t34?,36-/m0/s1. The summed E-state index contributed by atoms with van der Waals surface area (Å²) >= 11 is 12.8. The molecule has 1 unspecified atom stereocenters. The van der Waals surface area contributed by atoms with E-state index < -0.39 is 18.2 Å². The van der Waals surface area contributed by atoms with E-state index in [1.54, 1.807) is 60.7 Å². The van der Waals surface area contributed by atoms with Crippen molar-refractivity contribution in [2.75, 3.05) is 38.8 Å². The first-order chi connectivity index (χ1) is 24.5. The number of nitrogens with zero attached hydrogens (tertiary/aromatic N) is 3. The van der Waals surface area contributed by atoms with Crippen LogP contribution in [0.4, 0.5) is 10.5 Å². The first kappa shape index (κ1) is 36.1. The Labute approximate surface area is 306 Å². The van der Waals surface area contributed by atoms with Gasteiger partial charge in [0.15, 0.2) is 23.9 Å². The number of aromatic nitrogens is 1. The minimum atomic E-state index is -0.875. The zero-order valence-corrected chi connectivity index (χ0v) is 30.0. The van der Waals surface area contributed by atoms with Crippen molar-refractivity contribution in [3.05, 3.63) is 116 Å². The lowest BCUT2D eigenvalue weighted by Crippen LogP contribution is -2.53. The minimum absolute atomic E-state index is 0.0312. The van der Waals surface area contributed by atoms with E-state index in [0.717, 1.165) is 37.1 Å². The number of ether oxygens (including phenoxy) is 4. The Morgan fingerprint density at radius 2 is 1.67 bits per heavy atom. The van der Waals surface area contributed by atoms with Crippen LogP contribution in [0.1, 0.15) is 51.6 Å². The Balaban J connectivity index is 1.23. The molecule has 7 rings (SSSR count). The Morgan fingerprint density at radius 3 is 2.29 bits per heavy atom. The summed E-state index contributed by atoms with van der Waals surface area (Å²) < 4.78 is 23.5. The average molecular weight is 737 g/mol. The van der Waals surface area contributed by atoms with Crippen LogP contribution >= 0.6 is 23.2 Å². The number of phenols is 1. The highest BCUT2D eigenvalue weighted by atomic mass is 35.5. The summed E-state index contributed by atoms with van der Waals surface area (Å²) in [5.74, 6) is 0.667. The second-order valence-electron chi connectivity index (χ2n) is 12.8. The largest absolute Gasteiger partial charge is 0.619 e. The van der Waals surface area contributed by atoms with Gasteiger partial charge in [-0.1, -0.05) is 47.5 Å². The molecule has 1 aromatic heterocycles. The maximum absolute atomic E-state index is 13.8. The number of esters is 1. The van der Waals surface area contributed by atoms with Crippen LogP contribution in [0.2, 0.25) is 10.0 Å². The fourth-order valence-electron chi connectivity index (χ4n) is 6.69. The molecule has 0 spiro atoms. The van der Waals surface area contributed by atoms with Crippen LogP contribution in [0.25, 0.3) is 0 Å². The number of carbonyl (C=O) groups is 2. The summed E-state index contributed by atoms with van der Waals surface area (Å²) in [6, 6.07) is 16.8. The first-order valence-electron chi connectivity index (χ1n) is 16.6. The Bertz CT molecular complexity index is 1880. The molecule has 51 heavy (non-hydrogen) atoms. The maximum Gasteiger partial charge on any atom is 0.414 e. The lowest BCUT2D eigenvalue weighted by atomic mass is 9.86. The van der Waals surface area contributed by atoms with Gasteiger partial charge in [-0.25, -0.2) is 9.59 Å². The third-order valence-electron chi connectivity index (χ3n) is 9.56. The number of methoxy groups -OCH3 is 2. The molecular formula is C38H39Cl2N3O8. The van der Waals surface area contributed by atoms with E-state index in [4.69, 9.17) is 42.1 Å². The van der Waals surface area contributed by atoms with Gasteiger partial charge in [0.2, 0.25) is 0 Å². The predicted molar refractivity (Wildman–Crippen MR) is 192 cm³/mol. The molecule has 4 aromatic rings. The number of hydrogen-bond donors (Lipinski definition) is 1. The van der Waals surface area contributed by atoms with Crippen LogP contribution in [0.5, 0.6) is 17.2 Å². The summed E-state index contributed by atoms with van der Waals surface area (Å²) in [6.07, 6.45) is 2.87. The highest BCUT2D eigenvalue weighted by molar-refractivity contribution is 6.35. The molecule has 3 aliphatic rings. The molecule has 3 saturated heterocycles. The minimum Gasteiger partial charge on any atom is -0.619 e. The smallest absolute Gasteiger partial charge is 0.414 e. The third kappa shape index (κ3) is 8.27. The lowest BCUT2D eigenvalue weighted by molar-refractivity contribution is -0.605. The Hall–Kier alpha value is -4.71. The number of benzene rings is 3. The van der Waals surface area contributed by atoms with E-state index in [1.807, 2.05) is 6.92 Å². The molecule has 3 aromatic carbocycles. The summed E-state index contributed by atoms with van der Waals surface area (Å²) in [5.41, 5.74) is 3.34. The van der Waals surface area contributed by atoms with Gasteiger partial charge >= 0.3 is 12.1 Å². The van der Waals surface area contributed by atoms with Crippen molar-refractivity contribution in [2.45, 2.75) is 44.9 Å².